The Bertz CT molecular complexity index is 677. The second-order valence-electron chi connectivity index (χ2n) is 4.28. The summed E-state index contributed by atoms with van der Waals surface area (Å²) in [5.41, 5.74) is 2.49. The highest BCUT2D eigenvalue weighted by molar-refractivity contribution is 6.34. The number of hydrogen-bond donors (Lipinski definition) is 0. The van der Waals surface area contributed by atoms with Crippen LogP contribution in [-0.4, -0.2) is 4.98 Å². The van der Waals surface area contributed by atoms with Crippen molar-refractivity contribution in [3.05, 3.63) is 77.1 Å². The van der Waals surface area contributed by atoms with E-state index in [9.17, 15) is 0 Å². The molecule has 0 spiro atoms. The summed E-state index contributed by atoms with van der Waals surface area (Å²) in [5.74, 6) is 0. The third-order valence-electron chi connectivity index (χ3n) is 3.07. The summed E-state index contributed by atoms with van der Waals surface area (Å²) in [6.45, 7) is 0. The minimum atomic E-state index is 0.572. The van der Waals surface area contributed by atoms with Gasteiger partial charge in [0.2, 0.25) is 0 Å². The molecule has 0 N–H and O–H groups in total. The molecule has 3 rings (SSSR count). The quantitative estimate of drug-likeness (QED) is 0.614. The van der Waals surface area contributed by atoms with E-state index < -0.39 is 0 Å². The van der Waals surface area contributed by atoms with Gasteiger partial charge < -0.3 is 0 Å². The normalized spacial score (nSPS) is 10.7. The first kappa shape index (κ1) is 11.2. The van der Waals surface area contributed by atoms with Crippen molar-refractivity contribution in [3.8, 4) is 0 Å². The molecule has 0 unspecified atom stereocenters. The lowest BCUT2D eigenvalue weighted by Crippen LogP contribution is -1.92. The Morgan fingerprint density at radius 1 is 0.833 bits per heavy atom. The van der Waals surface area contributed by atoms with Gasteiger partial charge in [-0.25, -0.2) is 4.98 Å². The van der Waals surface area contributed by atoms with E-state index in [4.69, 9.17) is 11.6 Å². The first-order valence-corrected chi connectivity index (χ1v) is 6.28. The number of halogens is 1. The Morgan fingerprint density at radius 3 is 2.28 bits per heavy atom. The van der Waals surface area contributed by atoms with Crippen LogP contribution in [0.15, 0.2) is 60.8 Å². The molecule has 0 aliphatic rings. The van der Waals surface area contributed by atoms with E-state index >= 15 is 0 Å². The molecule has 0 saturated heterocycles. The zero-order chi connectivity index (χ0) is 12.4. The van der Waals surface area contributed by atoms with Gasteiger partial charge in [-0.2, -0.15) is 0 Å². The Balaban J connectivity index is 2.10. The Labute approximate surface area is 111 Å². The lowest BCUT2D eigenvalue weighted by molar-refractivity contribution is 1.17. The van der Waals surface area contributed by atoms with Crippen LogP contribution in [0.2, 0.25) is 5.15 Å². The first-order valence-electron chi connectivity index (χ1n) is 5.90. The largest absolute Gasteiger partial charge is 0.244 e. The van der Waals surface area contributed by atoms with Crippen LogP contribution in [0.5, 0.6) is 0 Å². The van der Waals surface area contributed by atoms with E-state index in [1.165, 1.54) is 16.5 Å². The van der Waals surface area contributed by atoms with E-state index in [2.05, 4.69) is 35.3 Å². The Morgan fingerprint density at radius 2 is 1.50 bits per heavy atom. The van der Waals surface area contributed by atoms with E-state index in [1.54, 1.807) is 0 Å². The van der Waals surface area contributed by atoms with Gasteiger partial charge in [0.15, 0.2) is 0 Å². The maximum atomic E-state index is 6.12. The minimum Gasteiger partial charge on any atom is -0.244 e. The summed E-state index contributed by atoms with van der Waals surface area (Å²) in [5, 5.41) is 2.77. The monoisotopic (exact) mass is 253 g/mol. The number of benzene rings is 2. The molecular formula is C16H12ClN. The average Bonchev–Trinajstić information content (AvgIpc) is 2.44. The highest BCUT2D eigenvalue weighted by Crippen LogP contribution is 2.25. The number of nitrogens with zero attached hydrogens (tertiary/aromatic N) is 1. The third-order valence-corrected chi connectivity index (χ3v) is 3.37. The topological polar surface area (TPSA) is 12.9 Å². The van der Waals surface area contributed by atoms with Crippen LogP contribution >= 0.6 is 11.6 Å². The molecule has 0 amide bonds. The molecule has 0 saturated carbocycles. The third kappa shape index (κ3) is 2.09. The smallest absolute Gasteiger partial charge is 0.136 e. The van der Waals surface area contributed by atoms with Crippen molar-refractivity contribution in [3.63, 3.8) is 0 Å². The fourth-order valence-electron chi connectivity index (χ4n) is 2.17. The average molecular weight is 254 g/mol. The van der Waals surface area contributed by atoms with Crippen molar-refractivity contribution in [1.82, 2.24) is 4.98 Å². The van der Waals surface area contributed by atoms with Gasteiger partial charge in [0.25, 0.3) is 0 Å². The van der Waals surface area contributed by atoms with Crippen molar-refractivity contribution in [2.75, 3.05) is 0 Å². The van der Waals surface area contributed by atoms with Crippen molar-refractivity contribution in [2.45, 2.75) is 6.42 Å². The Hall–Kier alpha value is -1.86. The summed E-state index contributed by atoms with van der Waals surface area (Å²) in [4.78, 5) is 4.27. The number of hydrogen-bond acceptors (Lipinski definition) is 1. The highest BCUT2D eigenvalue weighted by Gasteiger charge is 2.05. The molecule has 1 aromatic heterocycles. The molecule has 0 fully saturated rings. The van der Waals surface area contributed by atoms with E-state index in [-0.39, 0.29) is 0 Å². The van der Waals surface area contributed by atoms with Gasteiger partial charge in [-0.15, -0.1) is 0 Å². The molecule has 2 heteroatoms. The SMILES string of the molecule is Clc1ncc(Cc2ccccc2)c2ccccc12. The second kappa shape index (κ2) is 4.79. The fraction of sp³-hybridized carbons (Fsp3) is 0.0625. The molecule has 0 bridgehead atoms. The van der Waals surface area contributed by atoms with Crippen molar-refractivity contribution in [1.29, 1.82) is 0 Å². The standard InChI is InChI=1S/C16H12ClN/c17-16-15-9-5-4-8-14(15)13(11-18-16)10-12-6-2-1-3-7-12/h1-9,11H,10H2. The summed E-state index contributed by atoms with van der Waals surface area (Å²) in [7, 11) is 0. The maximum absolute atomic E-state index is 6.12. The second-order valence-corrected chi connectivity index (χ2v) is 4.64. The van der Waals surface area contributed by atoms with Gasteiger partial charge in [-0.3, -0.25) is 0 Å². The fourth-order valence-corrected chi connectivity index (χ4v) is 2.39. The van der Waals surface area contributed by atoms with E-state index in [0.717, 1.165) is 11.8 Å². The molecule has 0 aliphatic carbocycles. The number of pyridine rings is 1. The van der Waals surface area contributed by atoms with Gasteiger partial charge in [0, 0.05) is 11.6 Å². The zero-order valence-electron chi connectivity index (χ0n) is 9.81. The lowest BCUT2D eigenvalue weighted by atomic mass is 10.0. The summed E-state index contributed by atoms with van der Waals surface area (Å²) >= 11 is 6.12. The number of fused-ring (bicyclic) bond motifs is 1. The number of aromatic nitrogens is 1. The number of rotatable bonds is 2. The first-order chi connectivity index (χ1) is 8.84. The van der Waals surface area contributed by atoms with E-state index in [0.29, 0.717) is 5.15 Å². The molecule has 0 radical (unpaired) electrons. The molecule has 88 valence electrons. The van der Waals surface area contributed by atoms with Crippen LogP contribution in [0.1, 0.15) is 11.1 Å². The highest BCUT2D eigenvalue weighted by atomic mass is 35.5. The van der Waals surface area contributed by atoms with Crippen LogP contribution in [-0.2, 0) is 6.42 Å². The van der Waals surface area contributed by atoms with E-state index in [1.807, 2.05) is 30.5 Å². The molecule has 0 atom stereocenters. The molecule has 0 aliphatic heterocycles. The summed E-state index contributed by atoms with van der Waals surface area (Å²) in [6, 6.07) is 18.5. The van der Waals surface area contributed by atoms with Crippen molar-refractivity contribution >= 4 is 22.4 Å². The minimum absolute atomic E-state index is 0.572. The molecule has 18 heavy (non-hydrogen) atoms. The maximum Gasteiger partial charge on any atom is 0.136 e. The van der Waals surface area contributed by atoms with Crippen LogP contribution < -0.4 is 0 Å². The Kier molecular flexibility index (Phi) is 2.99. The van der Waals surface area contributed by atoms with Gasteiger partial charge in [-0.1, -0.05) is 66.2 Å². The van der Waals surface area contributed by atoms with Crippen LogP contribution in [0, 0.1) is 0 Å². The molecule has 1 nitrogen and oxygen atoms in total. The molecular weight excluding hydrogens is 242 g/mol. The van der Waals surface area contributed by atoms with Gasteiger partial charge in [0.1, 0.15) is 5.15 Å². The van der Waals surface area contributed by atoms with Gasteiger partial charge >= 0.3 is 0 Å². The van der Waals surface area contributed by atoms with Gasteiger partial charge in [0.05, 0.1) is 0 Å². The predicted octanol–water partition coefficient (Wildman–Crippen LogP) is 4.48. The van der Waals surface area contributed by atoms with Crippen LogP contribution in [0.3, 0.4) is 0 Å². The molecule has 3 aromatic rings. The summed E-state index contributed by atoms with van der Waals surface area (Å²) < 4.78 is 0. The van der Waals surface area contributed by atoms with Gasteiger partial charge in [-0.05, 0) is 22.9 Å². The predicted molar refractivity (Wildman–Crippen MR) is 76.0 cm³/mol. The lowest BCUT2D eigenvalue weighted by Gasteiger charge is -2.07. The molecule has 2 aromatic carbocycles. The zero-order valence-corrected chi connectivity index (χ0v) is 10.6. The van der Waals surface area contributed by atoms with Crippen molar-refractivity contribution < 1.29 is 0 Å². The van der Waals surface area contributed by atoms with Crippen LogP contribution in [0.25, 0.3) is 10.8 Å². The van der Waals surface area contributed by atoms with Crippen LogP contribution in [0.4, 0.5) is 0 Å². The van der Waals surface area contributed by atoms with Crippen molar-refractivity contribution in [2.24, 2.45) is 0 Å². The summed E-state index contributed by atoms with van der Waals surface area (Å²) in [6.07, 6.45) is 2.75. The molecule has 1 heterocycles.